The molecule has 1 amide bonds. The van der Waals surface area contributed by atoms with Crippen molar-refractivity contribution in [3.8, 4) is 11.5 Å². The number of fused-ring (bicyclic) bond motifs is 1. The zero-order chi connectivity index (χ0) is 34.8. The van der Waals surface area contributed by atoms with Gasteiger partial charge in [0.25, 0.3) is 0 Å². The molecular formula is C41H57NO7. The van der Waals surface area contributed by atoms with Gasteiger partial charge in [-0.25, -0.2) is 4.79 Å². The van der Waals surface area contributed by atoms with Crippen molar-refractivity contribution in [2.45, 2.75) is 116 Å². The molecule has 2 spiro atoms. The molecule has 0 aromatic heterocycles. The second-order valence-corrected chi connectivity index (χ2v) is 16.7. The summed E-state index contributed by atoms with van der Waals surface area (Å²) in [5.41, 5.74) is -0.819. The van der Waals surface area contributed by atoms with Gasteiger partial charge in [-0.15, -0.1) is 0 Å². The second kappa shape index (κ2) is 12.4. The third-order valence-corrected chi connectivity index (χ3v) is 14.8. The molecule has 49 heavy (non-hydrogen) atoms. The standard InChI is InChI=1S/C41H57NO7/c1-6-49-36(45)42(25-28-12-13-30(47-4)22-32(28)48-5)26-40(46)19-16-34-38(40,3)18-15-33-37(2)17-14-29(43)23-39(37)20-21-41(33,34)31(24-39)35(44)27-10-8-7-9-11-27/h12-13,20-22,24,27,29,33-34,43,46H,6-11,14-19,23,25-26H2,1-5H3. The van der Waals surface area contributed by atoms with E-state index in [0.29, 0.717) is 30.1 Å². The highest BCUT2D eigenvalue weighted by atomic mass is 16.6. The maximum atomic E-state index is 14.8. The number of amides is 1. The SMILES string of the molecule is CCOC(=O)N(Cc1ccc(OC)cc1OC)CC1(O)CCC2C34C=CC5(C=C3C(=O)C3CCCCC3)CC(O)CCC5(C)C4CCC21C. The van der Waals surface area contributed by atoms with Crippen LogP contribution in [0.15, 0.2) is 42.0 Å². The minimum Gasteiger partial charge on any atom is -0.497 e. The van der Waals surface area contributed by atoms with Crippen LogP contribution < -0.4 is 9.47 Å². The molecule has 8 heteroatoms. The Labute approximate surface area is 292 Å². The van der Waals surface area contributed by atoms with E-state index < -0.39 is 22.5 Å². The number of methoxy groups -OCH3 is 2. The molecule has 1 aromatic carbocycles. The Balaban J connectivity index is 1.27. The van der Waals surface area contributed by atoms with E-state index in [9.17, 15) is 19.8 Å². The van der Waals surface area contributed by atoms with Crippen molar-refractivity contribution in [3.05, 3.63) is 47.6 Å². The van der Waals surface area contributed by atoms with Gasteiger partial charge in [0.15, 0.2) is 5.78 Å². The molecular weight excluding hydrogens is 618 g/mol. The van der Waals surface area contributed by atoms with Gasteiger partial charge in [-0.2, -0.15) is 0 Å². The van der Waals surface area contributed by atoms with Crippen LogP contribution in [-0.4, -0.2) is 66.1 Å². The number of nitrogens with zero attached hydrogens (tertiary/aromatic N) is 1. The summed E-state index contributed by atoms with van der Waals surface area (Å²) < 4.78 is 16.7. The highest BCUT2D eigenvalue weighted by molar-refractivity contribution is 6.00. The Bertz CT molecular complexity index is 1530. The minimum absolute atomic E-state index is 0.0420. The summed E-state index contributed by atoms with van der Waals surface area (Å²) in [5.74, 6) is 1.93. The zero-order valence-corrected chi connectivity index (χ0v) is 30.3. The summed E-state index contributed by atoms with van der Waals surface area (Å²) in [6.07, 6.45) is 17.0. The molecule has 0 heterocycles. The fraction of sp³-hybridized carbons (Fsp3) is 0.707. The Morgan fingerprint density at radius 1 is 0.918 bits per heavy atom. The van der Waals surface area contributed by atoms with Gasteiger partial charge >= 0.3 is 6.09 Å². The van der Waals surface area contributed by atoms with E-state index in [1.165, 1.54) is 6.42 Å². The number of rotatable bonds is 9. The normalized spacial score (nSPS) is 39.3. The number of hydrogen-bond donors (Lipinski definition) is 2. The van der Waals surface area contributed by atoms with E-state index in [1.54, 1.807) is 32.1 Å². The summed E-state index contributed by atoms with van der Waals surface area (Å²) in [6.45, 7) is 7.03. The van der Waals surface area contributed by atoms with Crippen LogP contribution in [0.2, 0.25) is 0 Å². The van der Waals surface area contributed by atoms with Gasteiger partial charge in [-0.1, -0.05) is 51.3 Å². The molecule has 2 N–H and O–H groups in total. The zero-order valence-electron chi connectivity index (χ0n) is 30.3. The average molecular weight is 676 g/mol. The van der Waals surface area contributed by atoms with Crippen LogP contribution in [0.5, 0.6) is 11.5 Å². The van der Waals surface area contributed by atoms with Gasteiger partial charge in [0.1, 0.15) is 11.5 Å². The van der Waals surface area contributed by atoms with Crippen LogP contribution in [0.4, 0.5) is 4.79 Å². The first kappa shape index (κ1) is 34.6. The molecule has 0 saturated heterocycles. The van der Waals surface area contributed by atoms with Crippen LogP contribution in [0.25, 0.3) is 0 Å². The first-order chi connectivity index (χ1) is 23.4. The largest absolute Gasteiger partial charge is 0.497 e. The quantitative estimate of drug-likeness (QED) is 0.263. The van der Waals surface area contributed by atoms with Gasteiger partial charge in [-0.05, 0) is 94.1 Å². The molecule has 0 radical (unpaired) electrons. The third-order valence-electron chi connectivity index (χ3n) is 14.8. The summed E-state index contributed by atoms with van der Waals surface area (Å²) in [5, 5.41) is 24.0. The van der Waals surface area contributed by atoms with Crippen molar-refractivity contribution in [2.75, 3.05) is 27.4 Å². The number of allylic oxidation sites excluding steroid dienone is 4. The lowest BCUT2D eigenvalue weighted by Gasteiger charge is -2.71. The highest BCUT2D eigenvalue weighted by Crippen LogP contribution is 2.78. The first-order valence-electron chi connectivity index (χ1n) is 18.9. The number of benzene rings is 1. The Morgan fingerprint density at radius 2 is 1.63 bits per heavy atom. The fourth-order valence-electron chi connectivity index (χ4n) is 12.1. The average Bonchev–Trinajstić information content (AvgIpc) is 3.38. The number of Topliss-reactive ketones (excluding diaryl/α,β-unsaturated/α-hetero) is 1. The molecule has 268 valence electrons. The smallest absolute Gasteiger partial charge is 0.410 e. The lowest BCUT2D eigenvalue weighted by molar-refractivity contribution is -0.179. The predicted molar refractivity (Wildman–Crippen MR) is 187 cm³/mol. The maximum Gasteiger partial charge on any atom is 0.410 e. The molecule has 7 aliphatic carbocycles. The molecule has 1 aromatic rings. The number of carbonyl (C=O) groups excluding carboxylic acids is 2. The molecule has 8 atom stereocenters. The third kappa shape index (κ3) is 5.04. The summed E-state index contributed by atoms with van der Waals surface area (Å²) >= 11 is 0. The number of ether oxygens (including phenoxy) is 3. The monoisotopic (exact) mass is 675 g/mol. The summed E-state index contributed by atoms with van der Waals surface area (Å²) in [7, 11) is 3.21. The van der Waals surface area contributed by atoms with E-state index in [1.807, 2.05) is 12.1 Å². The maximum absolute atomic E-state index is 14.8. The van der Waals surface area contributed by atoms with Crippen LogP contribution in [0, 0.1) is 39.4 Å². The molecule has 2 bridgehead atoms. The van der Waals surface area contributed by atoms with E-state index in [-0.39, 0.29) is 54.4 Å². The molecule has 8 nitrogen and oxygen atoms in total. The molecule has 4 fully saturated rings. The minimum atomic E-state index is -1.19. The first-order valence-corrected chi connectivity index (χ1v) is 18.9. The van der Waals surface area contributed by atoms with Crippen molar-refractivity contribution in [1.29, 1.82) is 0 Å². The molecule has 8 rings (SSSR count). The van der Waals surface area contributed by atoms with Crippen molar-refractivity contribution in [1.82, 2.24) is 4.90 Å². The fourth-order valence-corrected chi connectivity index (χ4v) is 12.1. The van der Waals surface area contributed by atoms with Crippen LogP contribution in [-0.2, 0) is 16.1 Å². The lowest BCUT2D eigenvalue weighted by Crippen LogP contribution is -2.67. The molecule has 8 unspecified atom stereocenters. The van der Waals surface area contributed by atoms with E-state index in [0.717, 1.165) is 68.9 Å². The van der Waals surface area contributed by atoms with Crippen molar-refractivity contribution >= 4 is 11.9 Å². The number of hydrogen-bond acceptors (Lipinski definition) is 7. The van der Waals surface area contributed by atoms with Gasteiger partial charge in [0.05, 0.1) is 45.6 Å². The highest BCUT2D eigenvalue weighted by Gasteiger charge is 2.74. The molecule has 7 aliphatic rings. The summed E-state index contributed by atoms with van der Waals surface area (Å²) in [6, 6.07) is 5.55. The van der Waals surface area contributed by atoms with Crippen molar-refractivity contribution < 1.29 is 34.0 Å². The van der Waals surface area contributed by atoms with Gasteiger partial charge < -0.3 is 29.3 Å². The Morgan fingerprint density at radius 3 is 2.35 bits per heavy atom. The lowest BCUT2D eigenvalue weighted by atomic mass is 9.32. The number of aliphatic hydroxyl groups excluding tert-OH is 1. The van der Waals surface area contributed by atoms with Gasteiger partial charge in [0, 0.05) is 39.4 Å². The molecule has 0 aliphatic heterocycles. The molecule has 4 saturated carbocycles. The van der Waals surface area contributed by atoms with Crippen LogP contribution in [0.1, 0.15) is 103 Å². The van der Waals surface area contributed by atoms with E-state index >= 15 is 0 Å². The van der Waals surface area contributed by atoms with Crippen molar-refractivity contribution in [2.24, 2.45) is 39.4 Å². The van der Waals surface area contributed by atoms with Crippen LogP contribution >= 0.6 is 0 Å². The topological polar surface area (TPSA) is 106 Å². The Kier molecular flexibility index (Phi) is 8.78. The van der Waals surface area contributed by atoms with Crippen molar-refractivity contribution in [3.63, 3.8) is 0 Å². The summed E-state index contributed by atoms with van der Waals surface area (Å²) in [4.78, 5) is 30.1. The van der Waals surface area contributed by atoms with Gasteiger partial charge in [-0.3, -0.25) is 4.79 Å². The predicted octanol–water partition coefficient (Wildman–Crippen LogP) is 7.40. The van der Waals surface area contributed by atoms with E-state index in [4.69, 9.17) is 14.2 Å². The number of aliphatic hydroxyl groups is 2. The Hall–Kier alpha value is -2.84. The number of carbonyl (C=O) groups is 2. The second-order valence-electron chi connectivity index (χ2n) is 16.7. The van der Waals surface area contributed by atoms with Gasteiger partial charge in [0.2, 0.25) is 0 Å². The number of ketones is 1. The van der Waals surface area contributed by atoms with Crippen LogP contribution in [0.3, 0.4) is 0 Å². The van der Waals surface area contributed by atoms with E-state index in [2.05, 4.69) is 32.1 Å².